The van der Waals surface area contributed by atoms with Crippen LogP contribution >= 0.6 is 11.6 Å². The zero-order valence-electron chi connectivity index (χ0n) is 14.5. The van der Waals surface area contributed by atoms with E-state index in [1.54, 1.807) is 24.3 Å². The van der Waals surface area contributed by atoms with Crippen LogP contribution in [0, 0.1) is 6.92 Å². The lowest BCUT2D eigenvalue weighted by atomic mass is 10.1. The number of hydrogen-bond donors (Lipinski definition) is 2. The summed E-state index contributed by atoms with van der Waals surface area (Å²) in [4.78, 5) is 28.2. The van der Waals surface area contributed by atoms with Gasteiger partial charge in [0.25, 0.3) is 5.91 Å². The molecule has 0 spiro atoms. The molecule has 0 aliphatic rings. The van der Waals surface area contributed by atoms with Crippen molar-refractivity contribution in [1.29, 1.82) is 0 Å². The standard InChI is InChI=1S/C19H17ClN4O3/c1-12-4-2-5-13(10-12)16-23-19(27-24-16)18(26)22-9-8-21-17(25)14-6-3-7-15(20)11-14/h2-7,10-11H,8-9H2,1H3,(H,21,25)(H,22,26). The third-order valence-corrected chi connectivity index (χ3v) is 3.91. The normalized spacial score (nSPS) is 10.4. The van der Waals surface area contributed by atoms with Crippen LogP contribution in [-0.4, -0.2) is 35.0 Å². The van der Waals surface area contributed by atoms with E-state index in [-0.39, 0.29) is 24.9 Å². The Labute approximate surface area is 160 Å². The molecule has 0 fully saturated rings. The molecule has 27 heavy (non-hydrogen) atoms. The van der Waals surface area contributed by atoms with Gasteiger partial charge in [-0.05, 0) is 31.2 Å². The van der Waals surface area contributed by atoms with Crippen molar-refractivity contribution >= 4 is 23.4 Å². The van der Waals surface area contributed by atoms with Gasteiger partial charge in [0.15, 0.2) is 0 Å². The van der Waals surface area contributed by atoms with Gasteiger partial charge in [0.05, 0.1) is 0 Å². The van der Waals surface area contributed by atoms with Gasteiger partial charge in [-0.3, -0.25) is 9.59 Å². The molecule has 3 aromatic rings. The fraction of sp³-hybridized carbons (Fsp3) is 0.158. The maximum atomic E-state index is 12.1. The Kier molecular flexibility index (Phi) is 5.83. The molecule has 0 radical (unpaired) electrons. The number of nitrogens with zero attached hydrogens (tertiary/aromatic N) is 2. The summed E-state index contributed by atoms with van der Waals surface area (Å²) in [6, 6.07) is 14.2. The van der Waals surface area contributed by atoms with Gasteiger partial charge in [-0.2, -0.15) is 4.98 Å². The van der Waals surface area contributed by atoms with Gasteiger partial charge in [-0.15, -0.1) is 0 Å². The molecule has 7 nitrogen and oxygen atoms in total. The molecule has 1 aromatic heterocycles. The summed E-state index contributed by atoms with van der Waals surface area (Å²) in [6.07, 6.45) is 0. The first-order valence-corrected chi connectivity index (χ1v) is 8.63. The van der Waals surface area contributed by atoms with Crippen LogP contribution in [0.15, 0.2) is 53.1 Å². The molecule has 138 valence electrons. The maximum Gasteiger partial charge on any atom is 0.316 e. The molecule has 0 bridgehead atoms. The summed E-state index contributed by atoms with van der Waals surface area (Å²) in [5.41, 5.74) is 2.28. The minimum Gasteiger partial charge on any atom is -0.350 e. The number of halogens is 1. The molecule has 0 saturated heterocycles. The molecular weight excluding hydrogens is 368 g/mol. The van der Waals surface area contributed by atoms with Crippen LogP contribution in [0.5, 0.6) is 0 Å². The van der Waals surface area contributed by atoms with Gasteiger partial charge in [0.2, 0.25) is 5.82 Å². The highest BCUT2D eigenvalue weighted by Crippen LogP contribution is 2.16. The van der Waals surface area contributed by atoms with Crippen molar-refractivity contribution in [3.8, 4) is 11.4 Å². The maximum absolute atomic E-state index is 12.1. The second-order valence-corrected chi connectivity index (χ2v) is 6.25. The third kappa shape index (κ3) is 4.92. The number of carbonyl (C=O) groups is 2. The van der Waals surface area contributed by atoms with E-state index in [1.165, 1.54) is 0 Å². The van der Waals surface area contributed by atoms with Crippen LogP contribution < -0.4 is 10.6 Å². The van der Waals surface area contributed by atoms with Crippen molar-refractivity contribution < 1.29 is 14.1 Å². The molecule has 0 unspecified atom stereocenters. The van der Waals surface area contributed by atoms with E-state index in [9.17, 15) is 9.59 Å². The molecule has 2 N–H and O–H groups in total. The van der Waals surface area contributed by atoms with Crippen LogP contribution in [0.2, 0.25) is 5.02 Å². The number of amides is 2. The summed E-state index contributed by atoms with van der Waals surface area (Å²) in [5.74, 6) is -0.560. The summed E-state index contributed by atoms with van der Waals surface area (Å²) in [7, 11) is 0. The summed E-state index contributed by atoms with van der Waals surface area (Å²) < 4.78 is 5.01. The van der Waals surface area contributed by atoms with Gasteiger partial charge in [0, 0.05) is 29.2 Å². The number of aryl methyl sites for hydroxylation is 1. The number of hydrogen-bond acceptors (Lipinski definition) is 5. The highest BCUT2D eigenvalue weighted by atomic mass is 35.5. The van der Waals surface area contributed by atoms with Crippen molar-refractivity contribution in [3.63, 3.8) is 0 Å². The van der Waals surface area contributed by atoms with E-state index in [4.69, 9.17) is 16.1 Å². The molecule has 0 aliphatic heterocycles. The topological polar surface area (TPSA) is 97.1 Å². The highest BCUT2D eigenvalue weighted by molar-refractivity contribution is 6.30. The van der Waals surface area contributed by atoms with E-state index < -0.39 is 5.91 Å². The van der Waals surface area contributed by atoms with E-state index in [1.807, 2.05) is 31.2 Å². The first-order valence-electron chi connectivity index (χ1n) is 8.25. The van der Waals surface area contributed by atoms with E-state index in [0.717, 1.165) is 11.1 Å². The average molecular weight is 385 g/mol. The highest BCUT2D eigenvalue weighted by Gasteiger charge is 2.16. The second kappa shape index (κ2) is 8.46. The fourth-order valence-electron chi connectivity index (χ4n) is 2.38. The lowest BCUT2D eigenvalue weighted by molar-refractivity contribution is 0.0898. The molecule has 1 heterocycles. The Balaban J connectivity index is 1.49. The van der Waals surface area contributed by atoms with Gasteiger partial charge >= 0.3 is 11.8 Å². The first kappa shape index (κ1) is 18.6. The summed E-state index contributed by atoms with van der Waals surface area (Å²) in [5, 5.41) is 9.62. The van der Waals surface area contributed by atoms with Crippen molar-refractivity contribution in [2.75, 3.05) is 13.1 Å². The Morgan fingerprint density at radius 1 is 1.04 bits per heavy atom. The SMILES string of the molecule is Cc1cccc(-c2noc(C(=O)NCCNC(=O)c3cccc(Cl)c3)n2)c1. The predicted molar refractivity (Wildman–Crippen MR) is 101 cm³/mol. The average Bonchev–Trinajstić information content (AvgIpc) is 3.15. The van der Waals surface area contributed by atoms with Crippen LogP contribution in [0.4, 0.5) is 0 Å². The van der Waals surface area contributed by atoms with Gasteiger partial charge < -0.3 is 15.2 Å². The van der Waals surface area contributed by atoms with Gasteiger partial charge in [-0.1, -0.05) is 46.6 Å². The zero-order valence-corrected chi connectivity index (χ0v) is 15.3. The van der Waals surface area contributed by atoms with Gasteiger partial charge in [0.1, 0.15) is 0 Å². The monoisotopic (exact) mass is 384 g/mol. The largest absolute Gasteiger partial charge is 0.350 e. The summed E-state index contributed by atoms with van der Waals surface area (Å²) >= 11 is 5.85. The number of rotatable bonds is 6. The number of benzene rings is 2. The van der Waals surface area contributed by atoms with E-state index >= 15 is 0 Å². The molecule has 2 amide bonds. The number of aromatic nitrogens is 2. The Morgan fingerprint density at radius 2 is 1.78 bits per heavy atom. The van der Waals surface area contributed by atoms with Crippen molar-refractivity contribution in [3.05, 3.63) is 70.6 Å². The number of nitrogens with one attached hydrogen (secondary N) is 2. The molecule has 3 rings (SSSR count). The molecular formula is C19H17ClN4O3. The number of carbonyl (C=O) groups excluding carboxylic acids is 2. The molecule has 2 aromatic carbocycles. The van der Waals surface area contributed by atoms with E-state index in [0.29, 0.717) is 16.4 Å². The smallest absolute Gasteiger partial charge is 0.316 e. The van der Waals surface area contributed by atoms with Gasteiger partial charge in [-0.25, -0.2) is 0 Å². The predicted octanol–water partition coefficient (Wildman–Crippen LogP) is 2.86. The Morgan fingerprint density at radius 3 is 2.52 bits per heavy atom. The van der Waals surface area contributed by atoms with E-state index in [2.05, 4.69) is 20.8 Å². The Hall–Kier alpha value is -3.19. The fourth-order valence-corrected chi connectivity index (χ4v) is 2.57. The second-order valence-electron chi connectivity index (χ2n) is 5.81. The van der Waals surface area contributed by atoms with Crippen molar-refractivity contribution in [1.82, 2.24) is 20.8 Å². The minimum atomic E-state index is -0.501. The van der Waals surface area contributed by atoms with Crippen molar-refractivity contribution in [2.24, 2.45) is 0 Å². The van der Waals surface area contributed by atoms with Crippen molar-refractivity contribution in [2.45, 2.75) is 6.92 Å². The summed E-state index contributed by atoms with van der Waals surface area (Å²) in [6.45, 7) is 2.41. The third-order valence-electron chi connectivity index (χ3n) is 3.68. The minimum absolute atomic E-state index is 0.132. The lowest BCUT2D eigenvalue weighted by Crippen LogP contribution is -2.34. The molecule has 0 aliphatic carbocycles. The van der Waals surface area contributed by atoms with Crippen LogP contribution in [0.1, 0.15) is 26.6 Å². The first-order chi connectivity index (χ1) is 13.0. The van der Waals surface area contributed by atoms with Crippen LogP contribution in [0.3, 0.4) is 0 Å². The molecule has 0 atom stereocenters. The lowest BCUT2D eigenvalue weighted by Gasteiger charge is -2.06. The Bertz CT molecular complexity index is 971. The van der Waals surface area contributed by atoms with Crippen LogP contribution in [0.25, 0.3) is 11.4 Å². The van der Waals surface area contributed by atoms with Crippen LogP contribution in [-0.2, 0) is 0 Å². The molecule has 8 heteroatoms. The zero-order chi connectivity index (χ0) is 19.2. The molecule has 0 saturated carbocycles. The quantitative estimate of drug-likeness (QED) is 0.637.